The molecule has 0 atom stereocenters. The second kappa shape index (κ2) is 7.40. The van der Waals surface area contributed by atoms with Crippen molar-refractivity contribution in [2.75, 3.05) is 26.5 Å². The number of phenolic OH excluding ortho intramolecular Hbond substituents is 1. The normalized spacial score (nSPS) is 11.6. The monoisotopic (exact) mass is 334 g/mol. The molecule has 0 fully saturated rings. The molecule has 9 nitrogen and oxygen atoms in total. The summed E-state index contributed by atoms with van der Waals surface area (Å²) in [6.45, 7) is 0.102. The van der Waals surface area contributed by atoms with Crippen molar-refractivity contribution in [1.82, 2.24) is 5.32 Å². The van der Waals surface area contributed by atoms with E-state index in [4.69, 9.17) is 19.8 Å². The van der Waals surface area contributed by atoms with Crippen LogP contribution in [-0.2, 0) is 30.8 Å². The van der Waals surface area contributed by atoms with E-state index in [1.165, 1.54) is 20.3 Å². The van der Waals surface area contributed by atoms with Gasteiger partial charge in [-0.2, -0.15) is 8.42 Å². The van der Waals surface area contributed by atoms with Crippen LogP contribution in [0, 0.1) is 0 Å². The summed E-state index contributed by atoms with van der Waals surface area (Å²) in [7, 11) is -1.82. The Balaban J connectivity index is 2.86. The van der Waals surface area contributed by atoms with E-state index in [-0.39, 0.29) is 24.2 Å². The number of hydrogen-bond donors (Lipinski definition) is 4. The molecule has 0 aliphatic heterocycles. The fourth-order valence-corrected chi connectivity index (χ4v) is 2.36. The van der Waals surface area contributed by atoms with Gasteiger partial charge in [-0.1, -0.05) is 0 Å². The minimum atomic E-state index is -4.65. The predicted octanol–water partition coefficient (Wildman–Crippen LogP) is -0.501. The minimum Gasteiger partial charge on any atom is -0.504 e. The first kappa shape index (κ1) is 18.2. The van der Waals surface area contributed by atoms with Crippen LogP contribution in [0.4, 0.5) is 5.69 Å². The number of amides is 1. The van der Waals surface area contributed by atoms with Gasteiger partial charge in [-0.25, -0.2) is 0 Å². The number of rotatable bonds is 7. The summed E-state index contributed by atoms with van der Waals surface area (Å²) in [5, 5.41) is 12.1. The van der Waals surface area contributed by atoms with Crippen molar-refractivity contribution in [3.63, 3.8) is 0 Å². The number of phenols is 1. The van der Waals surface area contributed by atoms with Crippen LogP contribution >= 0.6 is 0 Å². The highest BCUT2D eigenvalue weighted by Crippen LogP contribution is 2.30. The van der Waals surface area contributed by atoms with Crippen LogP contribution in [-0.4, -0.2) is 51.0 Å². The van der Waals surface area contributed by atoms with Gasteiger partial charge in [0.1, 0.15) is 4.90 Å². The van der Waals surface area contributed by atoms with Gasteiger partial charge < -0.3 is 25.6 Å². The highest BCUT2D eigenvalue weighted by molar-refractivity contribution is 7.86. The Morgan fingerprint density at radius 1 is 1.36 bits per heavy atom. The molecule has 1 aromatic carbocycles. The standard InChI is InChI=1S/C12H18N2O7S/c1-20-11(21-2)6-14-10(15)5-7-3-8(13)12(16)9(4-7)22(17,18)19/h3-4,11,16H,5-6,13H2,1-2H3,(H,14,15)(H,17,18,19). The summed E-state index contributed by atoms with van der Waals surface area (Å²) in [5.74, 6) is -1.20. The molecular weight excluding hydrogens is 316 g/mol. The topological polar surface area (TPSA) is 148 Å². The Labute approximate surface area is 127 Å². The fraction of sp³-hybridized carbons (Fsp3) is 0.417. The molecule has 0 bridgehead atoms. The zero-order chi connectivity index (χ0) is 16.9. The molecular formula is C12H18N2O7S. The number of nitrogens with one attached hydrogen (secondary N) is 1. The molecule has 0 unspecified atom stereocenters. The maximum absolute atomic E-state index is 11.8. The third-order valence-corrected chi connectivity index (χ3v) is 3.67. The van der Waals surface area contributed by atoms with Crippen LogP contribution in [0.1, 0.15) is 5.56 Å². The quantitative estimate of drug-likeness (QED) is 0.226. The molecule has 0 saturated carbocycles. The summed E-state index contributed by atoms with van der Waals surface area (Å²) in [6, 6.07) is 2.22. The van der Waals surface area contributed by atoms with Crippen LogP contribution in [0.15, 0.2) is 17.0 Å². The van der Waals surface area contributed by atoms with Crippen molar-refractivity contribution in [3.8, 4) is 5.75 Å². The Kier molecular flexibility index (Phi) is 6.11. The van der Waals surface area contributed by atoms with Gasteiger partial charge in [0.15, 0.2) is 12.0 Å². The number of anilines is 1. The van der Waals surface area contributed by atoms with Crippen LogP contribution < -0.4 is 11.1 Å². The molecule has 22 heavy (non-hydrogen) atoms. The first-order valence-corrected chi connectivity index (χ1v) is 7.54. The van der Waals surface area contributed by atoms with Gasteiger partial charge in [0.25, 0.3) is 10.1 Å². The van der Waals surface area contributed by atoms with E-state index in [1.807, 2.05) is 0 Å². The summed E-state index contributed by atoms with van der Waals surface area (Å²) in [6.07, 6.45) is -0.810. The van der Waals surface area contributed by atoms with Gasteiger partial charge in [-0.05, 0) is 17.7 Å². The van der Waals surface area contributed by atoms with E-state index in [0.29, 0.717) is 0 Å². The SMILES string of the molecule is COC(CNC(=O)Cc1cc(N)c(O)c(S(=O)(=O)O)c1)OC. The van der Waals surface area contributed by atoms with Crippen LogP contribution in [0.2, 0.25) is 0 Å². The second-order valence-electron chi connectivity index (χ2n) is 4.39. The molecule has 0 spiro atoms. The molecule has 0 aliphatic carbocycles. The number of nitrogen functional groups attached to an aromatic ring is 1. The second-order valence-corrected chi connectivity index (χ2v) is 5.78. The number of ether oxygens (including phenoxy) is 2. The maximum atomic E-state index is 11.8. The van der Waals surface area contributed by atoms with E-state index in [2.05, 4.69) is 5.32 Å². The molecule has 1 amide bonds. The number of hydrogen-bond acceptors (Lipinski definition) is 7. The lowest BCUT2D eigenvalue weighted by molar-refractivity contribution is -0.126. The third kappa shape index (κ3) is 4.84. The van der Waals surface area contributed by atoms with Gasteiger partial charge in [-0.15, -0.1) is 0 Å². The molecule has 5 N–H and O–H groups in total. The summed E-state index contributed by atoms with van der Waals surface area (Å²) in [5.41, 5.74) is 5.42. The number of methoxy groups -OCH3 is 2. The van der Waals surface area contributed by atoms with Crippen LogP contribution in [0.3, 0.4) is 0 Å². The van der Waals surface area contributed by atoms with Gasteiger partial charge in [0, 0.05) is 14.2 Å². The first-order valence-electron chi connectivity index (χ1n) is 6.10. The average Bonchev–Trinajstić information content (AvgIpc) is 2.42. The van der Waals surface area contributed by atoms with Crippen molar-refractivity contribution in [2.24, 2.45) is 0 Å². The Morgan fingerprint density at radius 2 is 1.95 bits per heavy atom. The van der Waals surface area contributed by atoms with Crippen molar-refractivity contribution in [2.45, 2.75) is 17.6 Å². The van der Waals surface area contributed by atoms with E-state index in [9.17, 15) is 18.3 Å². The number of carbonyl (C=O) groups is 1. The summed E-state index contributed by atoms with van der Waals surface area (Å²) >= 11 is 0. The lowest BCUT2D eigenvalue weighted by Crippen LogP contribution is -2.35. The van der Waals surface area contributed by atoms with E-state index in [0.717, 1.165) is 6.07 Å². The largest absolute Gasteiger partial charge is 0.504 e. The average molecular weight is 334 g/mol. The zero-order valence-corrected chi connectivity index (χ0v) is 12.9. The lowest BCUT2D eigenvalue weighted by Gasteiger charge is -2.14. The lowest BCUT2D eigenvalue weighted by atomic mass is 10.1. The summed E-state index contributed by atoms with van der Waals surface area (Å²) in [4.78, 5) is 11.0. The van der Waals surface area contributed by atoms with Gasteiger partial charge in [0.05, 0.1) is 18.7 Å². The van der Waals surface area contributed by atoms with Gasteiger partial charge in [0.2, 0.25) is 5.91 Å². The van der Waals surface area contributed by atoms with Gasteiger partial charge in [-0.3, -0.25) is 9.35 Å². The maximum Gasteiger partial charge on any atom is 0.298 e. The molecule has 10 heteroatoms. The highest BCUT2D eigenvalue weighted by atomic mass is 32.2. The molecule has 0 heterocycles. The zero-order valence-electron chi connectivity index (χ0n) is 12.1. The Morgan fingerprint density at radius 3 is 2.45 bits per heavy atom. The molecule has 0 saturated heterocycles. The number of benzene rings is 1. The van der Waals surface area contributed by atoms with Crippen molar-refractivity contribution in [3.05, 3.63) is 17.7 Å². The van der Waals surface area contributed by atoms with Crippen LogP contribution in [0.5, 0.6) is 5.75 Å². The van der Waals surface area contributed by atoms with Crippen molar-refractivity contribution >= 4 is 21.7 Å². The number of carbonyl (C=O) groups excluding carboxylic acids is 1. The van der Waals surface area contributed by atoms with Crippen LogP contribution in [0.25, 0.3) is 0 Å². The smallest absolute Gasteiger partial charge is 0.298 e. The molecule has 0 radical (unpaired) electrons. The molecule has 1 aromatic rings. The Hall–Kier alpha value is -1.88. The minimum absolute atomic E-state index is 0.102. The first-order chi connectivity index (χ1) is 10.2. The van der Waals surface area contributed by atoms with Gasteiger partial charge >= 0.3 is 0 Å². The van der Waals surface area contributed by atoms with Crippen molar-refractivity contribution < 1.29 is 32.3 Å². The number of aromatic hydroxyl groups is 1. The molecule has 0 aromatic heterocycles. The predicted molar refractivity (Wildman–Crippen MR) is 76.9 cm³/mol. The highest BCUT2D eigenvalue weighted by Gasteiger charge is 2.20. The summed E-state index contributed by atoms with van der Waals surface area (Å²) < 4.78 is 41.1. The molecule has 1 rings (SSSR count). The van der Waals surface area contributed by atoms with E-state index < -0.39 is 33.0 Å². The third-order valence-electron chi connectivity index (χ3n) is 2.80. The fourth-order valence-electron chi connectivity index (χ4n) is 1.70. The number of nitrogens with two attached hydrogens (primary N) is 1. The van der Waals surface area contributed by atoms with E-state index >= 15 is 0 Å². The van der Waals surface area contributed by atoms with Crippen molar-refractivity contribution in [1.29, 1.82) is 0 Å². The Bertz CT molecular complexity index is 641. The van der Waals surface area contributed by atoms with E-state index in [1.54, 1.807) is 0 Å². The molecule has 0 aliphatic rings. The molecule has 124 valence electrons.